The number of aromatic hydroxyl groups is 1. The number of benzene rings is 1. The number of phenolic OH excluding ortho intramolecular Hbond substituents is 1. The van der Waals surface area contributed by atoms with Crippen LogP contribution in [0.5, 0.6) is 11.5 Å². The molecular weight excluding hydrogens is 276 g/mol. The fourth-order valence-corrected chi connectivity index (χ4v) is 2.23. The molecule has 0 spiro atoms. The van der Waals surface area contributed by atoms with Crippen LogP contribution in [-0.4, -0.2) is 23.3 Å². The van der Waals surface area contributed by atoms with Crippen LogP contribution in [0.4, 0.5) is 0 Å². The van der Waals surface area contributed by atoms with Crippen LogP contribution in [0, 0.1) is 6.92 Å². The summed E-state index contributed by atoms with van der Waals surface area (Å²) in [5.41, 5.74) is 1.21. The second-order valence-corrected chi connectivity index (χ2v) is 4.27. The van der Waals surface area contributed by atoms with E-state index in [4.69, 9.17) is 9.84 Å². The number of phenols is 1. The van der Waals surface area contributed by atoms with Crippen LogP contribution in [0.15, 0.2) is 10.5 Å². The van der Waals surface area contributed by atoms with Gasteiger partial charge in [-0.25, -0.2) is 0 Å². The van der Waals surface area contributed by atoms with Gasteiger partial charge in [-0.3, -0.25) is 4.79 Å². The maximum atomic E-state index is 10.5. The highest BCUT2D eigenvalue weighted by molar-refractivity contribution is 9.10. The predicted molar refractivity (Wildman–Crippen MR) is 63.1 cm³/mol. The first-order valence-electron chi connectivity index (χ1n) is 4.74. The summed E-state index contributed by atoms with van der Waals surface area (Å²) in [5.74, 6) is -0.220. The lowest BCUT2D eigenvalue weighted by Gasteiger charge is -2.12. The maximum Gasteiger partial charge on any atom is 0.303 e. The summed E-state index contributed by atoms with van der Waals surface area (Å²) in [4.78, 5) is 10.5. The van der Waals surface area contributed by atoms with Gasteiger partial charge in [0, 0.05) is 12.0 Å². The van der Waals surface area contributed by atoms with Gasteiger partial charge in [-0.15, -0.1) is 0 Å². The average molecular weight is 289 g/mol. The standard InChI is InChI=1S/C11H13BrO4/c1-6-10(15)7(3-4-9(13)14)5-8(12)11(6)16-2/h5,15H,3-4H2,1-2H3,(H,13,14). The minimum Gasteiger partial charge on any atom is -0.507 e. The Bertz CT molecular complexity index is 415. The number of carboxylic acids is 1. The molecule has 0 unspecified atom stereocenters. The second-order valence-electron chi connectivity index (χ2n) is 3.42. The molecule has 1 aromatic rings. The van der Waals surface area contributed by atoms with Gasteiger partial charge in [0.05, 0.1) is 11.6 Å². The lowest BCUT2D eigenvalue weighted by Crippen LogP contribution is -1.99. The second kappa shape index (κ2) is 5.21. The molecule has 2 N–H and O–H groups in total. The molecule has 88 valence electrons. The molecule has 0 aliphatic carbocycles. The number of hydrogen-bond acceptors (Lipinski definition) is 3. The van der Waals surface area contributed by atoms with E-state index in [1.807, 2.05) is 0 Å². The third kappa shape index (κ3) is 2.66. The van der Waals surface area contributed by atoms with E-state index in [1.54, 1.807) is 13.0 Å². The Balaban J connectivity index is 3.08. The van der Waals surface area contributed by atoms with Gasteiger partial charge in [0.2, 0.25) is 0 Å². The molecule has 0 saturated carbocycles. The number of rotatable bonds is 4. The van der Waals surface area contributed by atoms with E-state index in [0.29, 0.717) is 27.8 Å². The van der Waals surface area contributed by atoms with E-state index in [-0.39, 0.29) is 12.2 Å². The molecular formula is C11H13BrO4. The first kappa shape index (κ1) is 12.8. The van der Waals surface area contributed by atoms with Crippen molar-refractivity contribution < 1.29 is 19.7 Å². The largest absolute Gasteiger partial charge is 0.507 e. The predicted octanol–water partition coefficient (Wildman–Crippen LogP) is 2.49. The molecule has 4 nitrogen and oxygen atoms in total. The van der Waals surface area contributed by atoms with E-state index >= 15 is 0 Å². The SMILES string of the molecule is COc1c(Br)cc(CCC(=O)O)c(O)c1C. The van der Waals surface area contributed by atoms with Gasteiger partial charge in [0.1, 0.15) is 11.5 Å². The first-order chi connectivity index (χ1) is 7.47. The molecule has 5 heteroatoms. The molecule has 1 rings (SSSR count). The highest BCUT2D eigenvalue weighted by Gasteiger charge is 2.14. The molecule has 1 aromatic carbocycles. The summed E-state index contributed by atoms with van der Waals surface area (Å²) in [6.45, 7) is 1.73. The van der Waals surface area contributed by atoms with Gasteiger partial charge in [-0.05, 0) is 40.9 Å². The van der Waals surface area contributed by atoms with Gasteiger partial charge in [-0.1, -0.05) is 0 Å². The highest BCUT2D eigenvalue weighted by Crippen LogP contribution is 2.37. The Morgan fingerprint density at radius 2 is 2.19 bits per heavy atom. The van der Waals surface area contributed by atoms with Gasteiger partial charge in [0.15, 0.2) is 0 Å². The van der Waals surface area contributed by atoms with Crippen molar-refractivity contribution in [2.24, 2.45) is 0 Å². The Kier molecular flexibility index (Phi) is 4.18. The van der Waals surface area contributed by atoms with Crippen molar-refractivity contribution in [1.29, 1.82) is 0 Å². The molecule has 0 heterocycles. The Hall–Kier alpha value is -1.23. The van der Waals surface area contributed by atoms with Gasteiger partial charge < -0.3 is 14.9 Å². The minimum absolute atomic E-state index is 0.00817. The highest BCUT2D eigenvalue weighted by atomic mass is 79.9. The Morgan fingerprint density at radius 1 is 1.56 bits per heavy atom. The molecule has 0 saturated heterocycles. The molecule has 0 amide bonds. The van der Waals surface area contributed by atoms with Crippen molar-refractivity contribution in [2.45, 2.75) is 19.8 Å². The molecule has 0 aromatic heterocycles. The summed E-state index contributed by atoms with van der Waals surface area (Å²) >= 11 is 3.32. The third-order valence-electron chi connectivity index (χ3n) is 2.33. The summed E-state index contributed by atoms with van der Waals surface area (Å²) in [5, 5.41) is 18.4. The van der Waals surface area contributed by atoms with Crippen molar-refractivity contribution in [1.82, 2.24) is 0 Å². The number of aryl methyl sites for hydroxylation is 1. The molecule has 0 aliphatic rings. The lowest BCUT2D eigenvalue weighted by molar-refractivity contribution is -0.136. The smallest absolute Gasteiger partial charge is 0.303 e. The van der Waals surface area contributed by atoms with Crippen molar-refractivity contribution >= 4 is 21.9 Å². The van der Waals surface area contributed by atoms with E-state index in [1.165, 1.54) is 7.11 Å². The quantitative estimate of drug-likeness (QED) is 0.893. The zero-order valence-corrected chi connectivity index (χ0v) is 10.7. The van der Waals surface area contributed by atoms with E-state index in [9.17, 15) is 9.90 Å². The van der Waals surface area contributed by atoms with Gasteiger partial charge in [-0.2, -0.15) is 0 Å². The number of hydrogen-bond donors (Lipinski definition) is 2. The zero-order chi connectivity index (χ0) is 12.3. The third-order valence-corrected chi connectivity index (χ3v) is 2.92. The zero-order valence-electron chi connectivity index (χ0n) is 9.08. The van der Waals surface area contributed by atoms with E-state index in [0.717, 1.165) is 0 Å². The van der Waals surface area contributed by atoms with Gasteiger partial charge >= 0.3 is 5.97 Å². The monoisotopic (exact) mass is 288 g/mol. The van der Waals surface area contributed by atoms with Crippen LogP contribution in [-0.2, 0) is 11.2 Å². The molecule has 0 bridgehead atoms. The molecule has 0 fully saturated rings. The number of aliphatic carboxylic acids is 1. The van der Waals surface area contributed by atoms with Gasteiger partial charge in [0.25, 0.3) is 0 Å². The number of ether oxygens (including phenoxy) is 1. The molecule has 0 aliphatic heterocycles. The molecule has 0 radical (unpaired) electrons. The van der Waals surface area contributed by atoms with Crippen molar-refractivity contribution in [3.63, 3.8) is 0 Å². The van der Waals surface area contributed by atoms with Crippen molar-refractivity contribution in [3.05, 3.63) is 21.7 Å². The fourth-order valence-electron chi connectivity index (χ4n) is 1.50. The molecule has 0 atom stereocenters. The van der Waals surface area contributed by atoms with E-state index < -0.39 is 5.97 Å². The van der Waals surface area contributed by atoms with Crippen LogP contribution in [0.3, 0.4) is 0 Å². The first-order valence-corrected chi connectivity index (χ1v) is 5.53. The lowest BCUT2D eigenvalue weighted by atomic mass is 10.0. The number of carbonyl (C=O) groups is 1. The average Bonchev–Trinajstić information content (AvgIpc) is 2.22. The molecule has 16 heavy (non-hydrogen) atoms. The van der Waals surface area contributed by atoms with Crippen molar-refractivity contribution in [3.8, 4) is 11.5 Å². The Morgan fingerprint density at radius 3 is 2.69 bits per heavy atom. The number of halogens is 1. The van der Waals surface area contributed by atoms with Crippen LogP contribution < -0.4 is 4.74 Å². The normalized spacial score (nSPS) is 10.2. The maximum absolute atomic E-state index is 10.5. The number of methoxy groups -OCH3 is 1. The summed E-state index contributed by atoms with van der Waals surface area (Å²) in [7, 11) is 1.52. The topological polar surface area (TPSA) is 66.8 Å². The number of carboxylic acid groups (broad SMARTS) is 1. The minimum atomic E-state index is -0.885. The summed E-state index contributed by atoms with van der Waals surface area (Å²) < 4.78 is 5.83. The van der Waals surface area contributed by atoms with Crippen LogP contribution in [0.2, 0.25) is 0 Å². The Labute approximate surface area is 102 Å². The van der Waals surface area contributed by atoms with Crippen molar-refractivity contribution in [2.75, 3.05) is 7.11 Å². The summed E-state index contributed by atoms with van der Waals surface area (Å²) in [6, 6.07) is 1.68. The van der Waals surface area contributed by atoms with Crippen LogP contribution in [0.1, 0.15) is 17.5 Å². The fraction of sp³-hybridized carbons (Fsp3) is 0.364. The van der Waals surface area contributed by atoms with E-state index in [2.05, 4.69) is 15.9 Å². The van der Waals surface area contributed by atoms with Crippen LogP contribution >= 0.6 is 15.9 Å². The van der Waals surface area contributed by atoms with Crippen LogP contribution in [0.25, 0.3) is 0 Å². The summed E-state index contributed by atoms with van der Waals surface area (Å²) in [6.07, 6.45) is 0.288.